The molecule has 2 aromatic rings. The zero-order valence-electron chi connectivity index (χ0n) is 13.8. The molecule has 0 radical (unpaired) electrons. The van der Waals surface area contributed by atoms with Crippen molar-refractivity contribution < 1.29 is 4.74 Å². The van der Waals surface area contributed by atoms with Crippen LogP contribution < -0.4 is 15.4 Å². The van der Waals surface area contributed by atoms with Crippen molar-refractivity contribution in [3.05, 3.63) is 47.5 Å². The van der Waals surface area contributed by atoms with Crippen LogP contribution in [0.1, 0.15) is 5.56 Å². The second-order valence-corrected chi connectivity index (χ2v) is 5.34. The van der Waals surface area contributed by atoms with Gasteiger partial charge in [0.05, 0.1) is 13.4 Å². The van der Waals surface area contributed by atoms with Gasteiger partial charge in [0.25, 0.3) is 0 Å². The summed E-state index contributed by atoms with van der Waals surface area (Å²) in [6.07, 6.45) is 6.31. The van der Waals surface area contributed by atoms with Gasteiger partial charge in [-0.2, -0.15) is 0 Å². The highest BCUT2D eigenvalue weighted by molar-refractivity contribution is 14.0. The standard InChI is InChI=1S/C16H22ClN5O.HI/c1-18-16(21-8-10-22-9-7-19-12-22)20-6-5-13-3-4-14(23-2)11-15(13)17;/h3-4,7,9,11-12H,5-6,8,10H2,1-2H3,(H2,18,20,21);1H. The van der Waals surface area contributed by atoms with Crippen LogP contribution in [0.3, 0.4) is 0 Å². The van der Waals surface area contributed by atoms with Gasteiger partial charge in [-0.3, -0.25) is 4.99 Å². The molecule has 1 aromatic carbocycles. The van der Waals surface area contributed by atoms with E-state index in [0.29, 0.717) is 5.02 Å². The predicted octanol–water partition coefficient (Wildman–Crippen LogP) is 2.57. The number of hydrogen-bond acceptors (Lipinski definition) is 3. The Kier molecular flexibility index (Phi) is 9.55. The van der Waals surface area contributed by atoms with Gasteiger partial charge in [-0.1, -0.05) is 17.7 Å². The lowest BCUT2D eigenvalue weighted by atomic mass is 10.1. The molecular weight excluding hydrogens is 441 g/mol. The van der Waals surface area contributed by atoms with Crippen molar-refractivity contribution >= 4 is 41.5 Å². The molecule has 0 fully saturated rings. The molecule has 0 saturated carbocycles. The van der Waals surface area contributed by atoms with E-state index in [9.17, 15) is 0 Å². The summed E-state index contributed by atoms with van der Waals surface area (Å²) in [5.41, 5.74) is 1.08. The van der Waals surface area contributed by atoms with Gasteiger partial charge in [-0.25, -0.2) is 4.98 Å². The number of methoxy groups -OCH3 is 1. The summed E-state index contributed by atoms with van der Waals surface area (Å²) < 4.78 is 7.16. The summed E-state index contributed by atoms with van der Waals surface area (Å²) in [5.74, 6) is 1.54. The van der Waals surface area contributed by atoms with Crippen molar-refractivity contribution in [1.82, 2.24) is 20.2 Å². The molecule has 0 amide bonds. The maximum Gasteiger partial charge on any atom is 0.191 e. The molecule has 0 aliphatic carbocycles. The minimum atomic E-state index is 0. The zero-order valence-corrected chi connectivity index (χ0v) is 16.9. The molecule has 132 valence electrons. The number of hydrogen-bond donors (Lipinski definition) is 2. The van der Waals surface area contributed by atoms with E-state index >= 15 is 0 Å². The van der Waals surface area contributed by atoms with Crippen molar-refractivity contribution in [1.29, 1.82) is 0 Å². The quantitative estimate of drug-likeness (QED) is 0.376. The lowest BCUT2D eigenvalue weighted by molar-refractivity contribution is 0.414. The largest absolute Gasteiger partial charge is 0.497 e. The molecule has 0 spiro atoms. The van der Waals surface area contributed by atoms with E-state index in [1.54, 1.807) is 26.7 Å². The molecule has 2 N–H and O–H groups in total. The van der Waals surface area contributed by atoms with Crippen molar-refractivity contribution in [2.45, 2.75) is 13.0 Å². The van der Waals surface area contributed by atoms with Crippen LogP contribution in [0.15, 0.2) is 41.9 Å². The Balaban J connectivity index is 0.00000288. The Morgan fingerprint density at radius 3 is 2.75 bits per heavy atom. The molecule has 1 aromatic heterocycles. The highest BCUT2D eigenvalue weighted by Gasteiger charge is 2.03. The molecule has 2 rings (SSSR count). The average Bonchev–Trinajstić information content (AvgIpc) is 3.08. The predicted molar refractivity (Wildman–Crippen MR) is 109 cm³/mol. The number of ether oxygens (including phenoxy) is 1. The van der Waals surface area contributed by atoms with E-state index in [1.807, 2.05) is 29.0 Å². The van der Waals surface area contributed by atoms with Gasteiger partial charge in [0, 0.05) is 44.1 Å². The van der Waals surface area contributed by atoms with Crippen molar-refractivity contribution in [2.75, 3.05) is 27.2 Å². The van der Waals surface area contributed by atoms with E-state index in [-0.39, 0.29) is 24.0 Å². The highest BCUT2D eigenvalue weighted by Crippen LogP contribution is 2.22. The second-order valence-electron chi connectivity index (χ2n) is 4.93. The maximum absolute atomic E-state index is 6.24. The van der Waals surface area contributed by atoms with Crippen LogP contribution in [0.2, 0.25) is 5.02 Å². The first kappa shape index (κ1) is 20.6. The first-order valence-corrected chi connectivity index (χ1v) is 7.83. The van der Waals surface area contributed by atoms with Crippen molar-refractivity contribution in [2.24, 2.45) is 4.99 Å². The molecule has 6 nitrogen and oxygen atoms in total. The van der Waals surface area contributed by atoms with E-state index in [4.69, 9.17) is 16.3 Å². The van der Waals surface area contributed by atoms with Crippen LogP contribution in [0, 0.1) is 0 Å². The number of nitrogens with one attached hydrogen (secondary N) is 2. The minimum absolute atomic E-state index is 0. The zero-order chi connectivity index (χ0) is 16.5. The Labute approximate surface area is 164 Å². The monoisotopic (exact) mass is 463 g/mol. The topological polar surface area (TPSA) is 63.5 Å². The molecule has 0 bridgehead atoms. The molecule has 0 unspecified atom stereocenters. The smallest absolute Gasteiger partial charge is 0.191 e. The normalized spacial score (nSPS) is 10.9. The molecule has 8 heteroatoms. The van der Waals surface area contributed by atoms with Crippen LogP contribution in [0.4, 0.5) is 0 Å². The van der Waals surface area contributed by atoms with E-state index in [1.165, 1.54) is 0 Å². The fraction of sp³-hybridized carbons (Fsp3) is 0.375. The lowest BCUT2D eigenvalue weighted by Gasteiger charge is -2.13. The summed E-state index contributed by atoms with van der Waals surface area (Å²) in [6, 6.07) is 5.73. The van der Waals surface area contributed by atoms with Crippen LogP contribution in [-0.4, -0.2) is 42.8 Å². The van der Waals surface area contributed by atoms with Gasteiger partial charge >= 0.3 is 0 Å². The van der Waals surface area contributed by atoms with E-state index in [0.717, 1.165) is 43.3 Å². The first-order chi connectivity index (χ1) is 11.2. The van der Waals surface area contributed by atoms with Gasteiger partial charge in [0.2, 0.25) is 0 Å². The Morgan fingerprint density at radius 1 is 1.33 bits per heavy atom. The fourth-order valence-corrected chi connectivity index (χ4v) is 2.38. The van der Waals surface area contributed by atoms with Gasteiger partial charge in [-0.05, 0) is 24.1 Å². The molecule has 24 heavy (non-hydrogen) atoms. The second kappa shape index (κ2) is 11.1. The third kappa shape index (κ3) is 6.56. The van der Waals surface area contributed by atoms with Crippen LogP contribution in [0.5, 0.6) is 5.75 Å². The fourth-order valence-electron chi connectivity index (χ4n) is 2.12. The number of rotatable bonds is 7. The summed E-state index contributed by atoms with van der Waals surface area (Å²) in [7, 11) is 3.39. The summed E-state index contributed by atoms with van der Waals surface area (Å²) in [6.45, 7) is 2.36. The minimum Gasteiger partial charge on any atom is -0.497 e. The lowest BCUT2D eigenvalue weighted by Crippen LogP contribution is -2.39. The molecule has 0 atom stereocenters. The summed E-state index contributed by atoms with van der Waals surface area (Å²) in [4.78, 5) is 8.22. The highest BCUT2D eigenvalue weighted by atomic mass is 127. The number of nitrogens with zero attached hydrogens (tertiary/aromatic N) is 3. The molecule has 0 aliphatic heterocycles. The first-order valence-electron chi connectivity index (χ1n) is 7.45. The summed E-state index contributed by atoms with van der Waals surface area (Å²) >= 11 is 6.24. The third-order valence-electron chi connectivity index (χ3n) is 3.39. The van der Waals surface area contributed by atoms with Crippen LogP contribution in [0.25, 0.3) is 0 Å². The average molecular weight is 464 g/mol. The Morgan fingerprint density at radius 2 is 2.12 bits per heavy atom. The number of aromatic nitrogens is 2. The molecular formula is C16H23ClIN5O. The summed E-state index contributed by atoms with van der Waals surface area (Å²) in [5, 5.41) is 7.26. The molecule has 0 aliphatic rings. The van der Waals surface area contributed by atoms with Crippen LogP contribution >= 0.6 is 35.6 Å². The number of aliphatic imine (C=N–C) groups is 1. The van der Waals surface area contributed by atoms with Gasteiger partial charge in [0.1, 0.15) is 5.75 Å². The van der Waals surface area contributed by atoms with E-state index in [2.05, 4.69) is 20.6 Å². The van der Waals surface area contributed by atoms with Gasteiger partial charge in [-0.15, -0.1) is 24.0 Å². The Hall–Kier alpha value is -1.48. The SMILES string of the molecule is CN=C(NCCc1ccc(OC)cc1Cl)NCCn1ccnc1.I. The molecule has 0 saturated heterocycles. The number of imidazole rings is 1. The maximum atomic E-state index is 6.24. The number of guanidine groups is 1. The van der Waals surface area contributed by atoms with E-state index < -0.39 is 0 Å². The third-order valence-corrected chi connectivity index (χ3v) is 3.74. The van der Waals surface area contributed by atoms with Gasteiger partial charge in [0.15, 0.2) is 5.96 Å². The Bertz CT molecular complexity index is 633. The molecule has 1 heterocycles. The van der Waals surface area contributed by atoms with Crippen LogP contribution in [-0.2, 0) is 13.0 Å². The number of halogens is 2. The van der Waals surface area contributed by atoms with Crippen molar-refractivity contribution in [3.63, 3.8) is 0 Å². The van der Waals surface area contributed by atoms with Crippen molar-refractivity contribution in [3.8, 4) is 5.75 Å². The van der Waals surface area contributed by atoms with Gasteiger partial charge < -0.3 is 19.9 Å². The number of benzene rings is 1.